The van der Waals surface area contributed by atoms with Crippen molar-refractivity contribution < 1.29 is 9.18 Å². The third-order valence-corrected chi connectivity index (χ3v) is 3.44. The molecule has 5 nitrogen and oxygen atoms in total. The fourth-order valence-corrected chi connectivity index (χ4v) is 2.11. The van der Waals surface area contributed by atoms with E-state index in [4.69, 9.17) is 5.73 Å². The van der Waals surface area contributed by atoms with Crippen molar-refractivity contribution in [1.29, 1.82) is 0 Å². The van der Waals surface area contributed by atoms with Crippen molar-refractivity contribution in [2.75, 3.05) is 18.0 Å². The molecule has 2 rings (SSSR count). The van der Waals surface area contributed by atoms with Crippen LogP contribution in [0, 0.1) is 12.7 Å². The highest BCUT2D eigenvalue weighted by molar-refractivity contribution is 6.06. The van der Waals surface area contributed by atoms with Gasteiger partial charge in [0.05, 0.1) is 17.4 Å². The molecule has 21 heavy (non-hydrogen) atoms. The number of aromatic nitrogens is 2. The van der Waals surface area contributed by atoms with E-state index in [9.17, 15) is 9.18 Å². The number of halogens is 1. The zero-order valence-electron chi connectivity index (χ0n) is 12.2. The lowest BCUT2D eigenvalue weighted by molar-refractivity contribution is 0.0985. The van der Waals surface area contributed by atoms with E-state index in [0.717, 1.165) is 5.69 Å². The van der Waals surface area contributed by atoms with Crippen molar-refractivity contribution in [3.63, 3.8) is 0 Å². The van der Waals surface area contributed by atoms with Crippen molar-refractivity contribution in [3.8, 4) is 0 Å². The van der Waals surface area contributed by atoms with E-state index in [-0.39, 0.29) is 11.6 Å². The summed E-state index contributed by atoms with van der Waals surface area (Å²) in [5, 5.41) is 4.07. The zero-order valence-corrected chi connectivity index (χ0v) is 12.2. The number of aryl methyl sites for hydroxylation is 1. The molecule has 0 fully saturated rings. The van der Waals surface area contributed by atoms with E-state index in [1.165, 1.54) is 17.2 Å². The van der Waals surface area contributed by atoms with Crippen molar-refractivity contribution in [2.24, 2.45) is 12.8 Å². The number of anilines is 1. The fourth-order valence-electron chi connectivity index (χ4n) is 2.11. The minimum atomic E-state index is -0.426. The number of nitrogens with zero attached hydrogens (tertiary/aromatic N) is 3. The van der Waals surface area contributed by atoms with Gasteiger partial charge in [0.25, 0.3) is 5.91 Å². The minimum absolute atomic E-state index is 0.263. The number of nitrogens with two attached hydrogens (primary N) is 1. The molecule has 0 spiro atoms. The number of carbonyl (C=O) groups excluding carboxylic acids is 1. The van der Waals surface area contributed by atoms with Gasteiger partial charge in [-0.05, 0) is 32.0 Å². The van der Waals surface area contributed by atoms with Crippen LogP contribution in [0.5, 0.6) is 0 Å². The maximum absolute atomic E-state index is 14.0. The van der Waals surface area contributed by atoms with Gasteiger partial charge in [-0.15, -0.1) is 0 Å². The molecule has 6 heteroatoms. The lowest BCUT2D eigenvalue weighted by Crippen LogP contribution is -2.34. The SMILES string of the molecule is Cc1c(C(=O)N(CCCN)c2ccccc2F)cnn1C. The van der Waals surface area contributed by atoms with Crippen molar-refractivity contribution in [1.82, 2.24) is 9.78 Å². The second-order valence-electron chi connectivity index (χ2n) is 4.82. The summed E-state index contributed by atoms with van der Waals surface area (Å²) in [5.41, 5.74) is 7.00. The lowest BCUT2D eigenvalue weighted by atomic mass is 10.2. The summed E-state index contributed by atoms with van der Waals surface area (Å²) in [6.07, 6.45) is 2.10. The van der Waals surface area contributed by atoms with E-state index in [1.807, 2.05) is 6.92 Å². The largest absolute Gasteiger partial charge is 0.330 e. The molecule has 0 saturated carbocycles. The first-order valence-corrected chi connectivity index (χ1v) is 6.81. The number of carbonyl (C=O) groups is 1. The van der Waals surface area contributed by atoms with Gasteiger partial charge in [0.15, 0.2) is 0 Å². The summed E-state index contributed by atoms with van der Waals surface area (Å²) in [4.78, 5) is 14.1. The van der Waals surface area contributed by atoms with Crippen LogP contribution in [0.3, 0.4) is 0 Å². The molecule has 0 aliphatic heterocycles. The number of benzene rings is 1. The molecule has 1 amide bonds. The molecule has 1 heterocycles. The van der Waals surface area contributed by atoms with Crippen LogP contribution in [-0.2, 0) is 7.05 Å². The highest BCUT2D eigenvalue weighted by Crippen LogP contribution is 2.22. The number of para-hydroxylation sites is 1. The van der Waals surface area contributed by atoms with E-state index in [0.29, 0.717) is 25.1 Å². The van der Waals surface area contributed by atoms with Crippen LogP contribution in [0.25, 0.3) is 0 Å². The Bertz CT molecular complexity index is 638. The highest BCUT2D eigenvalue weighted by Gasteiger charge is 2.23. The van der Waals surface area contributed by atoms with Crippen molar-refractivity contribution in [3.05, 3.63) is 47.5 Å². The first-order chi connectivity index (χ1) is 10.1. The van der Waals surface area contributed by atoms with Gasteiger partial charge in [-0.25, -0.2) is 4.39 Å². The van der Waals surface area contributed by atoms with Gasteiger partial charge in [0.2, 0.25) is 0 Å². The third kappa shape index (κ3) is 3.11. The third-order valence-electron chi connectivity index (χ3n) is 3.44. The van der Waals surface area contributed by atoms with Crippen LogP contribution in [0.2, 0.25) is 0 Å². The molecule has 0 radical (unpaired) electrons. The smallest absolute Gasteiger partial charge is 0.261 e. The number of hydrogen-bond donors (Lipinski definition) is 1. The van der Waals surface area contributed by atoms with Crippen LogP contribution in [0.15, 0.2) is 30.5 Å². The Labute approximate surface area is 123 Å². The molecule has 0 atom stereocenters. The zero-order chi connectivity index (χ0) is 15.4. The van der Waals surface area contributed by atoms with Crippen LogP contribution in [0.1, 0.15) is 22.5 Å². The summed E-state index contributed by atoms with van der Waals surface area (Å²) < 4.78 is 15.6. The van der Waals surface area contributed by atoms with Crippen LogP contribution < -0.4 is 10.6 Å². The van der Waals surface area contributed by atoms with Crippen LogP contribution in [0.4, 0.5) is 10.1 Å². The summed E-state index contributed by atoms with van der Waals surface area (Å²) in [6, 6.07) is 6.24. The lowest BCUT2D eigenvalue weighted by Gasteiger charge is -2.23. The van der Waals surface area contributed by atoms with Crippen LogP contribution in [-0.4, -0.2) is 28.8 Å². The molecule has 2 N–H and O–H groups in total. The number of rotatable bonds is 5. The Kier molecular flexibility index (Phi) is 4.70. The maximum atomic E-state index is 14.0. The Morgan fingerprint density at radius 2 is 2.14 bits per heavy atom. The second-order valence-corrected chi connectivity index (χ2v) is 4.82. The normalized spacial score (nSPS) is 10.7. The van der Waals surface area contributed by atoms with Gasteiger partial charge in [0, 0.05) is 19.3 Å². The molecule has 0 saturated heterocycles. The number of hydrogen-bond acceptors (Lipinski definition) is 3. The van der Waals surface area contributed by atoms with Gasteiger partial charge in [-0.1, -0.05) is 12.1 Å². The summed E-state index contributed by atoms with van der Waals surface area (Å²) in [6.45, 7) is 2.61. The second kappa shape index (κ2) is 6.49. The standard InChI is InChI=1S/C15H19FN4O/c1-11-12(10-18-19(11)2)15(21)20(9-5-8-17)14-7-4-3-6-13(14)16/h3-4,6-7,10H,5,8-9,17H2,1-2H3. The quantitative estimate of drug-likeness (QED) is 0.914. The molecule has 1 aromatic heterocycles. The number of amides is 1. The molecular weight excluding hydrogens is 271 g/mol. The molecule has 0 aliphatic rings. The molecule has 0 unspecified atom stereocenters. The van der Waals surface area contributed by atoms with Gasteiger partial charge in [0.1, 0.15) is 5.82 Å². The van der Waals surface area contributed by atoms with Gasteiger partial charge < -0.3 is 10.6 Å². The van der Waals surface area contributed by atoms with Crippen molar-refractivity contribution >= 4 is 11.6 Å². The van der Waals surface area contributed by atoms with Gasteiger partial charge >= 0.3 is 0 Å². The minimum Gasteiger partial charge on any atom is -0.330 e. The first kappa shape index (κ1) is 15.2. The summed E-state index contributed by atoms with van der Waals surface area (Å²) >= 11 is 0. The van der Waals surface area contributed by atoms with E-state index < -0.39 is 5.82 Å². The first-order valence-electron chi connectivity index (χ1n) is 6.81. The highest BCUT2D eigenvalue weighted by atomic mass is 19.1. The molecule has 112 valence electrons. The molecular formula is C15H19FN4O. The van der Waals surface area contributed by atoms with Gasteiger partial charge in [-0.2, -0.15) is 5.10 Å². The molecule has 0 aliphatic carbocycles. The van der Waals surface area contributed by atoms with E-state index in [2.05, 4.69) is 5.10 Å². The average molecular weight is 290 g/mol. The molecule has 0 bridgehead atoms. The van der Waals surface area contributed by atoms with E-state index in [1.54, 1.807) is 29.9 Å². The predicted molar refractivity (Wildman–Crippen MR) is 79.7 cm³/mol. The molecule has 2 aromatic rings. The monoisotopic (exact) mass is 290 g/mol. The van der Waals surface area contributed by atoms with E-state index >= 15 is 0 Å². The van der Waals surface area contributed by atoms with Gasteiger partial charge in [-0.3, -0.25) is 9.48 Å². The topological polar surface area (TPSA) is 64.2 Å². The Hall–Kier alpha value is -2.21. The Morgan fingerprint density at radius 1 is 1.43 bits per heavy atom. The van der Waals surface area contributed by atoms with Crippen molar-refractivity contribution in [2.45, 2.75) is 13.3 Å². The molecule has 1 aromatic carbocycles. The summed E-state index contributed by atoms with van der Waals surface area (Å²) in [7, 11) is 1.76. The predicted octanol–water partition coefficient (Wildman–Crippen LogP) is 1.86. The fraction of sp³-hybridized carbons (Fsp3) is 0.333. The maximum Gasteiger partial charge on any atom is 0.261 e. The Morgan fingerprint density at radius 3 is 2.71 bits per heavy atom. The average Bonchev–Trinajstić information content (AvgIpc) is 2.81. The van der Waals surface area contributed by atoms with Crippen LogP contribution >= 0.6 is 0 Å². The summed E-state index contributed by atoms with van der Waals surface area (Å²) in [5.74, 6) is -0.691. The Balaban J connectivity index is 2.38.